The molecule has 2 aromatic heterocycles. The monoisotopic (exact) mass is 487 g/mol. The van der Waals surface area contributed by atoms with Crippen LogP contribution in [0.15, 0.2) is 24.5 Å². The van der Waals surface area contributed by atoms with E-state index in [2.05, 4.69) is 14.9 Å². The molecule has 0 saturated carbocycles. The van der Waals surface area contributed by atoms with E-state index in [4.69, 9.17) is 28.4 Å². The fraction of sp³-hybridized carbons (Fsp3) is 0.640. The Morgan fingerprint density at radius 1 is 1.06 bits per heavy atom. The topological polar surface area (TPSA) is 101 Å². The van der Waals surface area contributed by atoms with Gasteiger partial charge < -0.3 is 33.3 Å². The van der Waals surface area contributed by atoms with E-state index in [1.54, 1.807) is 26.3 Å². The summed E-state index contributed by atoms with van der Waals surface area (Å²) in [5.74, 6) is -0.413. The smallest absolute Gasteiger partial charge is 0.356 e. The summed E-state index contributed by atoms with van der Waals surface area (Å²) >= 11 is 0. The molecule has 0 amide bonds. The van der Waals surface area contributed by atoms with E-state index < -0.39 is 5.97 Å². The number of carbonyl (C=O) groups is 1. The molecule has 0 unspecified atom stereocenters. The fourth-order valence-electron chi connectivity index (χ4n) is 5.03. The van der Waals surface area contributed by atoms with Gasteiger partial charge in [-0.05, 0) is 31.9 Å². The van der Waals surface area contributed by atoms with Crippen LogP contribution >= 0.6 is 0 Å². The van der Waals surface area contributed by atoms with Crippen LogP contribution in [0.5, 0.6) is 0 Å². The lowest BCUT2D eigenvalue weighted by Gasteiger charge is -2.33. The molecule has 3 aliphatic rings. The van der Waals surface area contributed by atoms with E-state index in [1.807, 2.05) is 12.3 Å². The highest BCUT2D eigenvalue weighted by atomic mass is 16.6. The lowest BCUT2D eigenvalue weighted by atomic mass is 10.1. The van der Waals surface area contributed by atoms with Crippen LogP contribution in [0.25, 0.3) is 10.9 Å². The van der Waals surface area contributed by atoms with Crippen LogP contribution in [-0.4, -0.2) is 99.7 Å². The first-order valence-electron chi connectivity index (χ1n) is 12.3. The van der Waals surface area contributed by atoms with Crippen molar-refractivity contribution < 1.29 is 33.2 Å². The maximum absolute atomic E-state index is 12.2. The number of hydrogen-bond donors (Lipinski definition) is 0. The van der Waals surface area contributed by atoms with E-state index in [0.29, 0.717) is 38.7 Å². The normalized spacial score (nSPS) is 26.9. The van der Waals surface area contributed by atoms with Gasteiger partial charge in [-0.2, -0.15) is 0 Å². The molecule has 0 N–H and O–H groups in total. The van der Waals surface area contributed by atoms with Crippen molar-refractivity contribution in [1.82, 2.24) is 9.97 Å². The summed E-state index contributed by atoms with van der Waals surface area (Å²) in [7, 11) is 1.68. The van der Waals surface area contributed by atoms with Crippen LogP contribution in [-0.2, 0) is 28.4 Å². The number of piperidine rings is 1. The van der Waals surface area contributed by atoms with E-state index in [9.17, 15) is 4.79 Å². The standard InChI is InChI=1S/C25H33N3O7/c1-3-31-25(29)18-5-4-16-12-26-13-19(22(16)27-18)28-8-6-17(7-9-28)32-10-11-33-21-15-35-23-20(30-2)14-34-24(21)23/h4-5,12-13,17,20-21,23-24H,3,6-11,14-15H2,1-2H3/t20-,21-,23-,24-/m1/s1. The van der Waals surface area contributed by atoms with E-state index in [0.717, 1.165) is 42.5 Å². The Morgan fingerprint density at radius 2 is 1.80 bits per heavy atom. The largest absolute Gasteiger partial charge is 0.461 e. The van der Waals surface area contributed by atoms with Gasteiger partial charge >= 0.3 is 5.97 Å². The van der Waals surface area contributed by atoms with E-state index in [-0.39, 0.29) is 30.5 Å². The average Bonchev–Trinajstić information content (AvgIpc) is 3.49. The van der Waals surface area contributed by atoms with Gasteiger partial charge in [0.05, 0.1) is 56.5 Å². The number of nitrogens with zero attached hydrogens (tertiary/aromatic N) is 3. The Morgan fingerprint density at radius 3 is 2.57 bits per heavy atom. The molecule has 190 valence electrons. The molecule has 4 atom stereocenters. The second-order valence-electron chi connectivity index (χ2n) is 8.98. The summed E-state index contributed by atoms with van der Waals surface area (Å²) in [4.78, 5) is 23.4. The van der Waals surface area contributed by atoms with E-state index >= 15 is 0 Å². The van der Waals surface area contributed by atoms with Crippen molar-refractivity contribution in [2.24, 2.45) is 0 Å². The molecule has 10 heteroatoms. The van der Waals surface area contributed by atoms with Crippen molar-refractivity contribution in [3.05, 3.63) is 30.2 Å². The fourth-order valence-corrected chi connectivity index (χ4v) is 5.03. The van der Waals surface area contributed by atoms with Crippen molar-refractivity contribution in [2.45, 2.75) is 50.3 Å². The van der Waals surface area contributed by atoms with E-state index in [1.165, 1.54) is 0 Å². The van der Waals surface area contributed by atoms with Crippen LogP contribution in [0, 0.1) is 0 Å². The zero-order chi connectivity index (χ0) is 24.2. The minimum absolute atomic E-state index is 0.0149. The SMILES string of the molecule is CCOC(=O)c1ccc2cncc(N3CCC(OCCO[C@@H]4CO[C@H]5[C@@H]4OC[C@H]5OC)CC3)c2n1. The predicted molar refractivity (Wildman–Crippen MR) is 127 cm³/mol. The molecule has 3 fully saturated rings. The van der Waals surface area contributed by atoms with Gasteiger partial charge in [-0.25, -0.2) is 9.78 Å². The first-order valence-corrected chi connectivity index (χ1v) is 12.3. The Labute approximate surface area is 204 Å². The lowest BCUT2D eigenvalue weighted by Crippen LogP contribution is -2.38. The molecule has 0 aliphatic carbocycles. The number of esters is 1. The highest BCUT2D eigenvalue weighted by Crippen LogP contribution is 2.30. The first kappa shape index (κ1) is 24.3. The van der Waals surface area contributed by atoms with Crippen LogP contribution < -0.4 is 4.90 Å². The maximum Gasteiger partial charge on any atom is 0.356 e. The number of methoxy groups -OCH3 is 1. The van der Waals surface area contributed by atoms with Gasteiger partial charge in [0, 0.05) is 31.8 Å². The number of fused-ring (bicyclic) bond motifs is 2. The van der Waals surface area contributed by atoms with Crippen LogP contribution in [0.4, 0.5) is 5.69 Å². The number of ether oxygens (including phenoxy) is 6. The molecule has 0 spiro atoms. The number of anilines is 1. The summed E-state index contributed by atoms with van der Waals surface area (Å²) in [6.45, 7) is 5.86. The summed E-state index contributed by atoms with van der Waals surface area (Å²) in [6.07, 6.45) is 5.35. The molecule has 0 radical (unpaired) electrons. The van der Waals surface area contributed by atoms with Crippen LogP contribution in [0.1, 0.15) is 30.3 Å². The van der Waals surface area contributed by atoms with Gasteiger partial charge in [0.1, 0.15) is 30.1 Å². The number of rotatable bonds is 9. The predicted octanol–water partition coefficient (Wildman–Crippen LogP) is 1.99. The molecule has 5 heterocycles. The van der Waals surface area contributed by atoms with Crippen molar-refractivity contribution in [1.29, 1.82) is 0 Å². The third-order valence-electron chi connectivity index (χ3n) is 6.88. The summed E-state index contributed by atoms with van der Waals surface area (Å²) < 4.78 is 34.2. The number of carbonyl (C=O) groups excluding carboxylic acids is 1. The molecule has 35 heavy (non-hydrogen) atoms. The summed E-state index contributed by atoms with van der Waals surface area (Å²) in [5, 5.41) is 0.896. The number of hydrogen-bond acceptors (Lipinski definition) is 10. The molecule has 3 saturated heterocycles. The molecule has 3 aliphatic heterocycles. The third kappa shape index (κ3) is 5.26. The number of pyridine rings is 2. The van der Waals surface area contributed by atoms with Crippen LogP contribution in [0.2, 0.25) is 0 Å². The summed E-state index contributed by atoms with van der Waals surface area (Å²) in [5.41, 5.74) is 2.00. The Hall–Kier alpha value is -2.37. The van der Waals surface area contributed by atoms with Crippen molar-refractivity contribution in [3.8, 4) is 0 Å². The van der Waals surface area contributed by atoms with Crippen molar-refractivity contribution >= 4 is 22.6 Å². The van der Waals surface area contributed by atoms with Crippen LogP contribution in [0.3, 0.4) is 0 Å². The van der Waals surface area contributed by atoms with Gasteiger partial charge in [0.2, 0.25) is 0 Å². The second kappa shape index (κ2) is 11.1. The molecular weight excluding hydrogens is 454 g/mol. The molecule has 0 bridgehead atoms. The van der Waals surface area contributed by atoms with Crippen molar-refractivity contribution in [2.75, 3.05) is 58.1 Å². The Kier molecular flexibility index (Phi) is 7.74. The third-order valence-corrected chi connectivity index (χ3v) is 6.88. The molecule has 5 rings (SSSR count). The van der Waals surface area contributed by atoms with Gasteiger partial charge in [-0.1, -0.05) is 0 Å². The molecule has 2 aromatic rings. The highest BCUT2D eigenvalue weighted by molar-refractivity contribution is 5.95. The maximum atomic E-state index is 12.2. The average molecular weight is 488 g/mol. The molecule has 0 aromatic carbocycles. The van der Waals surface area contributed by atoms with Gasteiger partial charge in [-0.3, -0.25) is 4.98 Å². The first-order chi connectivity index (χ1) is 17.2. The molecule has 10 nitrogen and oxygen atoms in total. The summed E-state index contributed by atoms with van der Waals surface area (Å²) in [6, 6.07) is 3.55. The Bertz CT molecular complexity index is 1010. The van der Waals surface area contributed by atoms with Gasteiger partial charge in [0.15, 0.2) is 0 Å². The van der Waals surface area contributed by atoms with Gasteiger partial charge in [-0.15, -0.1) is 0 Å². The van der Waals surface area contributed by atoms with Gasteiger partial charge in [0.25, 0.3) is 0 Å². The molecular formula is C25H33N3O7. The zero-order valence-corrected chi connectivity index (χ0v) is 20.3. The zero-order valence-electron chi connectivity index (χ0n) is 20.3. The Balaban J connectivity index is 1.10. The second-order valence-corrected chi connectivity index (χ2v) is 8.98. The minimum atomic E-state index is -0.413. The van der Waals surface area contributed by atoms with Crippen molar-refractivity contribution in [3.63, 3.8) is 0 Å². The lowest BCUT2D eigenvalue weighted by molar-refractivity contribution is -0.0670. The number of aromatic nitrogens is 2. The highest BCUT2D eigenvalue weighted by Gasteiger charge is 2.48. The minimum Gasteiger partial charge on any atom is -0.461 e. The quantitative estimate of drug-likeness (QED) is 0.385.